The largest absolute Gasteiger partial charge is 0.337 e. The molecule has 1 rings (SSSR count). The second-order valence-electron chi connectivity index (χ2n) is 4.06. The number of carbonyl (C=O) groups is 1. The lowest BCUT2D eigenvalue weighted by Crippen LogP contribution is -2.49. The molecule has 0 atom stereocenters. The summed E-state index contributed by atoms with van der Waals surface area (Å²) in [5.74, 6) is 0.339. The molecule has 0 unspecified atom stereocenters. The first kappa shape index (κ1) is 11.3. The zero-order chi connectivity index (χ0) is 10.6. The van der Waals surface area contributed by atoms with Crippen molar-refractivity contribution in [1.82, 2.24) is 5.32 Å². The summed E-state index contributed by atoms with van der Waals surface area (Å²) in [6.07, 6.45) is 3.48. The first-order valence-electron chi connectivity index (χ1n) is 4.90. The molecule has 0 radical (unpaired) electrons. The number of carbonyl (C=O) groups excluding carboxylic acids is 1. The van der Waals surface area contributed by atoms with E-state index in [1.807, 2.05) is 0 Å². The monoisotopic (exact) mass is 214 g/mol. The molecular weight excluding hydrogens is 200 g/mol. The van der Waals surface area contributed by atoms with Gasteiger partial charge in [0.05, 0.1) is 6.07 Å². The minimum absolute atomic E-state index is 0.0705. The van der Waals surface area contributed by atoms with E-state index in [-0.39, 0.29) is 11.8 Å². The van der Waals surface area contributed by atoms with Gasteiger partial charge < -0.3 is 5.32 Å². The van der Waals surface area contributed by atoms with E-state index in [0.717, 1.165) is 25.7 Å². The Morgan fingerprint density at radius 1 is 1.64 bits per heavy atom. The fourth-order valence-electron chi connectivity index (χ4n) is 1.82. The Balaban J connectivity index is 2.60. The Kier molecular flexibility index (Phi) is 3.77. The number of hydrogen-bond donors (Lipinski definition) is 1. The minimum atomic E-state index is -0.654. The summed E-state index contributed by atoms with van der Waals surface area (Å²) >= 11 is 5.40. The molecule has 1 aliphatic carbocycles. The number of nitrogens with one attached hydrogen (secondary N) is 1. The molecule has 4 heteroatoms. The second kappa shape index (κ2) is 4.65. The van der Waals surface area contributed by atoms with Crippen LogP contribution >= 0.6 is 11.6 Å². The van der Waals surface area contributed by atoms with Crippen molar-refractivity contribution in [2.75, 3.05) is 5.88 Å². The van der Waals surface area contributed by atoms with Gasteiger partial charge in [0.1, 0.15) is 11.4 Å². The van der Waals surface area contributed by atoms with Crippen LogP contribution in [0.3, 0.4) is 0 Å². The van der Waals surface area contributed by atoms with Crippen LogP contribution in [-0.4, -0.2) is 17.3 Å². The van der Waals surface area contributed by atoms with E-state index >= 15 is 0 Å². The van der Waals surface area contributed by atoms with Crippen LogP contribution in [0.15, 0.2) is 0 Å². The molecule has 1 fully saturated rings. The van der Waals surface area contributed by atoms with Crippen molar-refractivity contribution >= 4 is 17.5 Å². The third-order valence-electron chi connectivity index (χ3n) is 2.84. The lowest BCUT2D eigenvalue weighted by molar-refractivity contribution is -0.120. The fraction of sp³-hybridized carbons (Fsp3) is 0.800. The van der Waals surface area contributed by atoms with Gasteiger partial charge in [-0.3, -0.25) is 4.79 Å². The smallest absolute Gasteiger partial charge is 0.236 e. The van der Waals surface area contributed by atoms with E-state index in [9.17, 15) is 4.79 Å². The van der Waals surface area contributed by atoms with Gasteiger partial charge in [0.2, 0.25) is 5.91 Å². The normalized spacial score (nSPS) is 31.9. The Bertz CT molecular complexity index is 251. The third kappa shape index (κ3) is 2.62. The van der Waals surface area contributed by atoms with Crippen molar-refractivity contribution in [2.24, 2.45) is 5.92 Å². The van der Waals surface area contributed by atoms with Gasteiger partial charge in [-0.1, -0.05) is 6.92 Å². The zero-order valence-electron chi connectivity index (χ0n) is 8.35. The SMILES string of the molecule is CC1CCC(C#N)(NC(=O)CCl)CC1. The van der Waals surface area contributed by atoms with Gasteiger partial charge >= 0.3 is 0 Å². The lowest BCUT2D eigenvalue weighted by Gasteiger charge is -2.34. The fourth-order valence-corrected chi connectivity index (χ4v) is 1.89. The summed E-state index contributed by atoms with van der Waals surface area (Å²) in [4.78, 5) is 11.1. The number of halogens is 1. The van der Waals surface area contributed by atoms with Gasteiger partial charge in [-0.15, -0.1) is 11.6 Å². The molecule has 0 spiro atoms. The number of hydrogen-bond acceptors (Lipinski definition) is 2. The van der Waals surface area contributed by atoms with Crippen LogP contribution in [0.1, 0.15) is 32.6 Å². The number of amides is 1. The average Bonchev–Trinajstić information content (AvgIpc) is 2.22. The van der Waals surface area contributed by atoms with Crippen LogP contribution < -0.4 is 5.32 Å². The molecule has 1 aliphatic rings. The molecular formula is C10H15ClN2O. The van der Waals surface area contributed by atoms with Crippen LogP contribution in [0.2, 0.25) is 0 Å². The molecule has 0 bridgehead atoms. The molecule has 3 nitrogen and oxygen atoms in total. The summed E-state index contributed by atoms with van der Waals surface area (Å²) in [5.41, 5.74) is -0.654. The molecule has 14 heavy (non-hydrogen) atoms. The number of rotatable bonds is 2. The van der Waals surface area contributed by atoms with Gasteiger partial charge in [-0.25, -0.2) is 0 Å². The standard InChI is InChI=1S/C10H15ClN2O/c1-8-2-4-10(7-12,5-3-8)13-9(14)6-11/h8H,2-6H2,1H3,(H,13,14). The van der Waals surface area contributed by atoms with Crippen molar-refractivity contribution in [1.29, 1.82) is 5.26 Å². The van der Waals surface area contributed by atoms with Crippen LogP contribution in [0.4, 0.5) is 0 Å². The maximum Gasteiger partial charge on any atom is 0.236 e. The summed E-state index contributed by atoms with van der Waals surface area (Å²) in [6.45, 7) is 2.17. The minimum Gasteiger partial charge on any atom is -0.337 e. The Morgan fingerprint density at radius 2 is 2.21 bits per heavy atom. The van der Waals surface area contributed by atoms with Crippen LogP contribution in [-0.2, 0) is 4.79 Å². The summed E-state index contributed by atoms with van der Waals surface area (Å²) in [6, 6.07) is 2.21. The highest BCUT2D eigenvalue weighted by molar-refractivity contribution is 6.27. The predicted octanol–water partition coefficient (Wildman–Crippen LogP) is 1.81. The number of nitriles is 1. The maximum absolute atomic E-state index is 11.1. The predicted molar refractivity (Wildman–Crippen MR) is 54.8 cm³/mol. The van der Waals surface area contributed by atoms with Crippen molar-refractivity contribution in [2.45, 2.75) is 38.1 Å². The van der Waals surface area contributed by atoms with E-state index in [1.165, 1.54) is 0 Å². The molecule has 0 saturated heterocycles. The number of alkyl halides is 1. The summed E-state index contributed by atoms with van der Waals surface area (Å²) < 4.78 is 0. The molecule has 0 aromatic heterocycles. The summed E-state index contributed by atoms with van der Waals surface area (Å²) in [7, 11) is 0. The highest BCUT2D eigenvalue weighted by atomic mass is 35.5. The number of nitrogens with zero attached hydrogens (tertiary/aromatic N) is 1. The van der Waals surface area contributed by atoms with Crippen molar-refractivity contribution in [3.63, 3.8) is 0 Å². The molecule has 78 valence electrons. The van der Waals surface area contributed by atoms with Gasteiger partial charge in [-0.05, 0) is 31.6 Å². The van der Waals surface area contributed by atoms with E-state index < -0.39 is 5.54 Å². The molecule has 1 amide bonds. The first-order valence-corrected chi connectivity index (χ1v) is 5.43. The van der Waals surface area contributed by atoms with E-state index in [0.29, 0.717) is 5.92 Å². The third-order valence-corrected chi connectivity index (χ3v) is 3.08. The topological polar surface area (TPSA) is 52.9 Å². The Hall–Kier alpha value is -0.750. The first-order chi connectivity index (χ1) is 6.62. The Labute approximate surface area is 89.4 Å². The highest BCUT2D eigenvalue weighted by Crippen LogP contribution is 2.31. The van der Waals surface area contributed by atoms with Crippen LogP contribution in [0, 0.1) is 17.2 Å². The maximum atomic E-state index is 11.1. The van der Waals surface area contributed by atoms with Crippen molar-refractivity contribution in [3.05, 3.63) is 0 Å². The van der Waals surface area contributed by atoms with Gasteiger partial charge in [-0.2, -0.15) is 5.26 Å². The average molecular weight is 215 g/mol. The van der Waals surface area contributed by atoms with E-state index in [4.69, 9.17) is 16.9 Å². The molecule has 1 saturated carbocycles. The molecule has 0 heterocycles. The van der Waals surface area contributed by atoms with Crippen LogP contribution in [0.5, 0.6) is 0 Å². The molecule has 0 aromatic carbocycles. The molecule has 0 aliphatic heterocycles. The zero-order valence-corrected chi connectivity index (χ0v) is 9.10. The van der Waals surface area contributed by atoms with Crippen molar-refractivity contribution < 1.29 is 4.79 Å². The second-order valence-corrected chi connectivity index (χ2v) is 4.33. The van der Waals surface area contributed by atoms with Gasteiger partial charge in [0.15, 0.2) is 0 Å². The van der Waals surface area contributed by atoms with Gasteiger partial charge in [0.25, 0.3) is 0 Å². The Morgan fingerprint density at radius 3 is 2.64 bits per heavy atom. The quantitative estimate of drug-likeness (QED) is 0.713. The highest BCUT2D eigenvalue weighted by Gasteiger charge is 2.35. The van der Waals surface area contributed by atoms with Crippen molar-refractivity contribution in [3.8, 4) is 6.07 Å². The van der Waals surface area contributed by atoms with E-state index in [1.54, 1.807) is 0 Å². The van der Waals surface area contributed by atoms with E-state index in [2.05, 4.69) is 18.3 Å². The van der Waals surface area contributed by atoms with Crippen LogP contribution in [0.25, 0.3) is 0 Å². The lowest BCUT2D eigenvalue weighted by atomic mass is 9.78. The molecule has 0 aromatic rings. The summed E-state index contributed by atoms with van der Waals surface area (Å²) in [5, 5.41) is 11.8. The molecule has 1 N–H and O–H groups in total. The van der Waals surface area contributed by atoms with Gasteiger partial charge in [0, 0.05) is 0 Å².